The molecule has 30 heavy (non-hydrogen) atoms. The minimum absolute atomic E-state index is 0.138. The standard InChI is InChI=1S/C22H22FN3O4/c1-29-17-11-15(12-18(13-17)30-2)21(28)26-8-6-22(7-9-26)24-19(20(27)25-22)14-4-3-5-16(23)10-14/h3-5,10-13H,6-9H2,1-2H3,(H,25,27). The number of carbonyl (C=O) groups is 2. The summed E-state index contributed by atoms with van der Waals surface area (Å²) >= 11 is 0. The van der Waals surface area contributed by atoms with Gasteiger partial charge in [-0.05, 0) is 24.3 Å². The summed E-state index contributed by atoms with van der Waals surface area (Å²) < 4.78 is 24.0. The molecular formula is C22H22FN3O4. The molecule has 1 N–H and O–H groups in total. The number of benzene rings is 2. The molecule has 1 fully saturated rings. The van der Waals surface area contributed by atoms with Gasteiger partial charge in [0, 0.05) is 43.1 Å². The van der Waals surface area contributed by atoms with Crippen molar-refractivity contribution in [2.45, 2.75) is 18.5 Å². The maximum absolute atomic E-state index is 13.5. The van der Waals surface area contributed by atoms with Crippen LogP contribution in [0.2, 0.25) is 0 Å². The van der Waals surface area contributed by atoms with Crippen LogP contribution in [0.25, 0.3) is 0 Å². The fraction of sp³-hybridized carbons (Fsp3) is 0.318. The van der Waals surface area contributed by atoms with Gasteiger partial charge in [-0.15, -0.1) is 0 Å². The van der Waals surface area contributed by atoms with Crippen LogP contribution in [-0.2, 0) is 4.79 Å². The zero-order chi connectivity index (χ0) is 21.3. The Morgan fingerprint density at radius 2 is 1.77 bits per heavy atom. The first-order valence-corrected chi connectivity index (χ1v) is 9.64. The van der Waals surface area contributed by atoms with Crippen LogP contribution in [0.1, 0.15) is 28.8 Å². The number of hydrogen-bond acceptors (Lipinski definition) is 5. The second-order valence-corrected chi connectivity index (χ2v) is 7.35. The molecule has 8 heteroatoms. The van der Waals surface area contributed by atoms with E-state index in [4.69, 9.17) is 9.47 Å². The largest absolute Gasteiger partial charge is 0.497 e. The molecule has 2 aliphatic rings. The molecule has 2 aromatic rings. The van der Waals surface area contributed by atoms with Gasteiger partial charge in [0.15, 0.2) is 0 Å². The number of nitrogens with zero attached hydrogens (tertiary/aromatic N) is 2. The lowest BCUT2D eigenvalue weighted by Crippen LogP contribution is -2.52. The summed E-state index contributed by atoms with van der Waals surface area (Å²) in [7, 11) is 3.06. The Hall–Kier alpha value is -3.42. The van der Waals surface area contributed by atoms with Gasteiger partial charge in [-0.1, -0.05) is 12.1 Å². The van der Waals surface area contributed by atoms with Gasteiger partial charge in [-0.2, -0.15) is 0 Å². The third kappa shape index (κ3) is 3.72. The first-order valence-electron chi connectivity index (χ1n) is 9.64. The van der Waals surface area contributed by atoms with Crippen molar-refractivity contribution in [3.05, 3.63) is 59.4 Å². The maximum atomic E-state index is 13.5. The van der Waals surface area contributed by atoms with E-state index < -0.39 is 11.5 Å². The summed E-state index contributed by atoms with van der Waals surface area (Å²) in [5.41, 5.74) is 0.390. The van der Waals surface area contributed by atoms with E-state index in [2.05, 4.69) is 10.3 Å². The van der Waals surface area contributed by atoms with E-state index >= 15 is 0 Å². The molecule has 0 aromatic heterocycles. The average molecular weight is 411 g/mol. The number of methoxy groups -OCH3 is 2. The van der Waals surface area contributed by atoms with Gasteiger partial charge in [0.25, 0.3) is 11.8 Å². The average Bonchev–Trinajstić information content (AvgIpc) is 3.09. The molecule has 7 nitrogen and oxygen atoms in total. The van der Waals surface area contributed by atoms with Crippen molar-refractivity contribution in [1.29, 1.82) is 0 Å². The zero-order valence-corrected chi connectivity index (χ0v) is 16.8. The van der Waals surface area contributed by atoms with Crippen molar-refractivity contribution in [2.75, 3.05) is 27.3 Å². The number of halogens is 1. The predicted molar refractivity (Wildman–Crippen MR) is 108 cm³/mol. The normalized spacial score (nSPS) is 17.5. The Morgan fingerprint density at radius 1 is 1.10 bits per heavy atom. The fourth-order valence-electron chi connectivity index (χ4n) is 3.82. The van der Waals surface area contributed by atoms with Crippen molar-refractivity contribution < 1.29 is 23.5 Å². The van der Waals surface area contributed by atoms with E-state index in [-0.39, 0.29) is 17.5 Å². The van der Waals surface area contributed by atoms with Gasteiger partial charge in [-0.3, -0.25) is 14.6 Å². The number of carbonyl (C=O) groups excluding carboxylic acids is 2. The molecular weight excluding hydrogens is 389 g/mol. The van der Waals surface area contributed by atoms with Crippen molar-refractivity contribution in [1.82, 2.24) is 10.2 Å². The Balaban J connectivity index is 1.50. The summed E-state index contributed by atoms with van der Waals surface area (Å²) in [4.78, 5) is 31.8. The summed E-state index contributed by atoms with van der Waals surface area (Å²) in [6.45, 7) is 0.858. The number of rotatable bonds is 4. The molecule has 2 heterocycles. The first kappa shape index (κ1) is 19.9. The van der Waals surface area contributed by atoms with E-state index in [1.807, 2.05) is 0 Å². The number of piperidine rings is 1. The maximum Gasteiger partial charge on any atom is 0.272 e. The van der Waals surface area contributed by atoms with Gasteiger partial charge < -0.3 is 19.7 Å². The van der Waals surface area contributed by atoms with Crippen LogP contribution in [-0.4, -0.2) is 55.4 Å². The summed E-state index contributed by atoms with van der Waals surface area (Å²) in [6.07, 6.45) is 0.953. The highest BCUT2D eigenvalue weighted by atomic mass is 19.1. The molecule has 2 aliphatic heterocycles. The number of amides is 2. The second-order valence-electron chi connectivity index (χ2n) is 7.35. The van der Waals surface area contributed by atoms with E-state index in [1.165, 1.54) is 26.4 Å². The predicted octanol–water partition coefficient (Wildman–Crippen LogP) is 2.39. The molecule has 4 rings (SSSR count). The second kappa shape index (κ2) is 7.78. The van der Waals surface area contributed by atoms with Gasteiger partial charge >= 0.3 is 0 Å². The topological polar surface area (TPSA) is 80.2 Å². The number of likely N-dealkylation sites (tertiary alicyclic amines) is 1. The van der Waals surface area contributed by atoms with Crippen LogP contribution in [0.5, 0.6) is 11.5 Å². The SMILES string of the molecule is COc1cc(OC)cc(C(=O)N2CCC3(CC2)N=C(c2cccc(F)c2)C(=O)N3)c1. The van der Waals surface area contributed by atoms with Crippen LogP contribution in [0.3, 0.4) is 0 Å². The smallest absolute Gasteiger partial charge is 0.272 e. The van der Waals surface area contributed by atoms with Gasteiger partial charge in [0.2, 0.25) is 0 Å². The zero-order valence-electron chi connectivity index (χ0n) is 16.8. The highest BCUT2D eigenvalue weighted by Gasteiger charge is 2.43. The fourth-order valence-corrected chi connectivity index (χ4v) is 3.82. The van der Waals surface area contributed by atoms with Crippen LogP contribution in [0.4, 0.5) is 4.39 Å². The van der Waals surface area contributed by atoms with Crippen LogP contribution in [0.15, 0.2) is 47.5 Å². The van der Waals surface area contributed by atoms with Gasteiger partial charge in [-0.25, -0.2) is 4.39 Å². The highest BCUT2D eigenvalue weighted by Crippen LogP contribution is 2.30. The first-order chi connectivity index (χ1) is 14.4. The molecule has 0 atom stereocenters. The monoisotopic (exact) mass is 411 g/mol. The van der Waals surface area contributed by atoms with Crippen LogP contribution in [0, 0.1) is 5.82 Å². The quantitative estimate of drug-likeness (QED) is 0.838. The molecule has 1 saturated heterocycles. The molecule has 0 bridgehead atoms. The third-order valence-electron chi connectivity index (χ3n) is 5.46. The summed E-state index contributed by atoms with van der Waals surface area (Å²) in [6, 6.07) is 10.9. The van der Waals surface area contributed by atoms with Crippen molar-refractivity contribution in [3.8, 4) is 11.5 Å². The van der Waals surface area contributed by atoms with Crippen LogP contribution < -0.4 is 14.8 Å². The molecule has 2 amide bonds. The Bertz CT molecular complexity index is 1010. The Kier molecular flexibility index (Phi) is 5.15. The minimum Gasteiger partial charge on any atom is -0.497 e. The molecule has 0 saturated carbocycles. The van der Waals surface area contributed by atoms with Crippen molar-refractivity contribution in [3.63, 3.8) is 0 Å². The molecule has 156 valence electrons. The van der Waals surface area contributed by atoms with Gasteiger partial charge in [0.05, 0.1) is 14.2 Å². The number of hydrogen-bond donors (Lipinski definition) is 1. The van der Waals surface area contributed by atoms with E-state index in [1.54, 1.807) is 35.2 Å². The van der Waals surface area contributed by atoms with E-state index in [9.17, 15) is 14.0 Å². The van der Waals surface area contributed by atoms with E-state index in [0.717, 1.165) is 0 Å². The minimum atomic E-state index is -0.762. The van der Waals surface area contributed by atoms with E-state index in [0.29, 0.717) is 48.6 Å². The highest BCUT2D eigenvalue weighted by molar-refractivity contribution is 6.46. The molecule has 0 unspecified atom stereocenters. The molecule has 0 radical (unpaired) electrons. The lowest BCUT2D eigenvalue weighted by molar-refractivity contribution is -0.115. The van der Waals surface area contributed by atoms with Crippen molar-refractivity contribution in [2.24, 2.45) is 4.99 Å². The lowest BCUT2D eigenvalue weighted by atomic mass is 9.97. The molecule has 2 aromatic carbocycles. The number of aliphatic imine (C=N–C) groups is 1. The van der Waals surface area contributed by atoms with Crippen LogP contribution >= 0.6 is 0 Å². The molecule has 0 aliphatic carbocycles. The van der Waals surface area contributed by atoms with Gasteiger partial charge in [0.1, 0.15) is 28.7 Å². The Labute approximate surface area is 173 Å². The summed E-state index contributed by atoms with van der Waals surface area (Å²) in [5.74, 6) is 0.203. The third-order valence-corrected chi connectivity index (χ3v) is 5.46. The summed E-state index contributed by atoms with van der Waals surface area (Å²) in [5, 5.41) is 2.93. The number of nitrogens with one attached hydrogen (secondary N) is 1. The molecule has 1 spiro atoms. The van der Waals surface area contributed by atoms with Crippen molar-refractivity contribution >= 4 is 17.5 Å². The lowest BCUT2D eigenvalue weighted by Gasteiger charge is -2.37. The Morgan fingerprint density at radius 3 is 2.37 bits per heavy atom. The number of ether oxygens (including phenoxy) is 2.